The van der Waals surface area contributed by atoms with Gasteiger partial charge in [-0.3, -0.25) is 0 Å². The van der Waals surface area contributed by atoms with Gasteiger partial charge in [-0.25, -0.2) is 4.39 Å². The molecule has 0 aromatic heterocycles. The third-order valence-corrected chi connectivity index (χ3v) is 2.57. The van der Waals surface area contributed by atoms with E-state index in [1.807, 2.05) is 6.92 Å². The Balaban J connectivity index is 2.31. The topological polar surface area (TPSA) is 64.1 Å². The molecule has 0 amide bonds. The molecule has 4 heteroatoms. The molecule has 0 aliphatic carbocycles. The standard InChI is InChI=1S/C13H14FN3/c1-8-2-3-9(14)6-13(8)17-10-4-5-11(15)12(16)7-10/h2-7,17H,15-16H2,1H3. The van der Waals surface area contributed by atoms with Crippen molar-refractivity contribution in [2.24, 2.45) is 0 Å². The fourth-order valence-corrected chi connectivity index (χ4v) is 1.54. The Hall–Kier alpha value is -2.23. The predicted octanol–water partition coefficient (Wildman–Crippen LogP) is 3.04. The van der Waals surface area contributed by atoms with Crippen LogP contribution < -0.4 is 16.8 Å². The van der Waals surface area contributed by atoms with Crippen molar-refractivity contribution < 1.29 is 4.39 Å². The Labute approximate surface area is 99.2 Å². The number of nitrogen functional groups attached to an aromatic ring is 2. The molecule has 0 saturated carbocycles. The lowest BCUT2D eigenvalue weighted by Crippen LogP contribution is -1.98. The van der Waals surface area contributed by atoms with E-state index in [4.69, 9.17) is 11.5 Å². The molecule has 2 aromatic carbocycles. The highest BCUT2D eigenvalue weighted by Crippen LogP contribution is 2.25. The number of nitrogens with two attached hydrogens (primary N) is 2. The number of halogens is 1. The van der Waals surface area contributed by atoms with Crippen molar-refractivity contribution in [3.63, 3.8) is 0 Å². The van der Waals surface area contributed by atoms with Gasteiger partial charge in [0.1, 0.15) is 5.82 Å². The van der Waals surface area contributed by atoms with Crippen LogP contribution >= 0.6 is 0 Å². The van der Waals surface area contributed by atoms with Crippen LogP contribution in [0.5, 0.6) is 0 Å². The second-order valence-corrected chi connectivity index (χ2v) is 3.93. The number of anilines is 4. The van der Waals surface area contributed by atoms with Crippen molar-refractivity contribution in [1.29, 1.82) is 0 Å². The molecule has 0 saturated heterocycles. The van der Waals surface area contributed by atoms with Gasteiger partial charge in [0.2, 0.25) is 0 Å². The maximum absolute atomic E-state index is 13.1. The van der Waals surface area contributed by atoms with Gasteiger partial charge < -0.3 is 16.8 Å². The Kier molecular flexibility index (Phi) is 2.87. The van der Waals surface area contributed by atoms with Crippen molar-refractivity contribution in [2.75, 3.05) is 16.8 Å². The van der Waals surface area contributed by atoms with Crippen molar-refractivity contribution >= 4 is 22.7 Å². The Morgan fingerprint density at radius 2 is 1.76 bits per heavy atom. The lowest BCUT2D eigenvalue weighted by Gasteiger charge is -2.11. The van der Waals surface area contributed by atoms with Gasteiger partial charge in [-0.2, -0.15) is 0 Å². The summed E-state index contributed by atoms with van der Waals surface area (Å²) in [5, 5.41) is 3.11. The van der Waals surface area contributed by atoms with Crippen LogP contribution in [0.4, 0.5) is 27.1 Å². The summed E-state index contributed by atoms with van der Waals surface area (Å²) in [6.45, 7) is 1.91. The van der Waals surface area contributed by atoms with E-state index in [0.717, 1.165) is 11.3 Å². The fourth-order valence-electron chi connectivity index (χ4n) is 1.54. The summed E-state index contributed by atoms with van der Waals surface area (Å²) >= 11 is 0. The second-order valence-electron chi connectivity index (χ2n) is 3.93. The highest BCUT2D eigenvalue weighted by molar-refractivity contribution is 5.73. The van der Waals surface area contributed by atoms with Gasteiger partial charge >= 0.3 is 0 Å². The molecule has 0 bridgehead atoms. The molecular formula is C13H14FN3. The van der Waals surface area contributed by atoms with E-state index in [0.29, 0.717) is 17.1 Å². The highest BCUT2D eigenvalue weighted by atomic mass is 19.1. The van der Waals surface area contributed by atoms with Crippen LogP contribution in [0.25, 0.3) is 0 Å². The summed E-state index contributed by atoms with van der Waals surface area (Å²) in [4.78, 5) is 0. The summed E-state index contributed by atoms with van der Waals surface area (Å²) < 4.78 is 13.1. The molecule has 0 unspecified atom stereocenters. The molecule has 3 nitrogen and oxygen atoms in total. The number of benzene rings is 2. The third-order valence-electron chi connectivity index (χ3n) is 2.57. The van der Waals surface area contributed by atoms with Crippen molar-refractivity contribution in [3.8, 4) is 0 Å². The van der Waals surface area contributed by atoms with E-state index in [1.165, 1.54) is 12.1 Å². The number of hydrogen-bond acceptors (Lipinski definition) is 3. The van der Waals surface area contributed by atoms with E-state index in [2.05, 4.69) is 5.32 Å². The van der Waals surface area contributed by atoms with E-state index in [-0.39, 0.29) is 5.82 Å². The molecule has 2 aromatic rings. The monoisotopic (exact) mass is 231 g/mol. The molecule has 2 rings (SSSR count). The molecule has 0 radical (unpaired) electrons. The third kappa shape index (κ3) is 2.47. The van der Waals surface area contributed by atoms with Crippen LogP contribution in [-0.4, -0.2) is 0 Å². The van der Waals surface area contributed by atoms with Crippen LogP contribution in [0.3, 0.4) is 0 Å². The quantitative estimate of drug-likeness (QED) is 0.696. The van der Waals surface area contributed by atoms with Crippen LogP contribution in [0, 0.1) is 12.7 Å². The van der Waals surface area contributed by atoms with Gasteiger partial charge in [-0.1, -0.05) is 6.07 Å². The summed E-state index contributed by atoms with van der Waals surface area (Å²) in [6.07, 6.45) is 0. The minimum Gasteiger partial charge on any atom is -0.397 e. The van der Waals surface area contributed by atoms with Crippen molar-refractivity contribution in [1.82, 2.24) is 0 Å². The molecular weight excluding hydrogens is 217 g/mol. The SMILES string of the molecule is Cc1ccc(F)cc1Nc1ccc(N)c(N)c1. The smallest absolute Gasteiger partial charge is 0.125 e. The summed E-state index contributed by atoms with van der Waals surface area (Å²) in [6, 6.07) is 9.83. The van der Waals surface area contributed by atoms with Crippen LogP contribution in [0.15, 0.2) is 36.4 Å². The van der Waals surface area contributed by atoms with Gasteiger partial charge in [-0.15, -0.1) is 0 Å². The number of rotatable bonds is 2. The fraction of sp³-hybridized carbons (Fsp3) is 0.0769. The molecule has 0 heterocycles. The first-order valence-electron chi connectivity index (χ1n) is 5.24. The molecule has 0 aliphatic heterocycles. The maximum Gasteiger partial charge on any atom is 0.125 e. The van der Waals surface area contributed by atoms with E-state index < -0.39 is 0 Å². The zero-order valence-corrected chi connectivity index (χ0v) is 9.50. The normalized spacial score (nSPS) is 10.2. The van der Waals surface area contributed by atoms with Gasteiger partial charge in [0, 0.05) is 11.4 Å². The molecule has 0 fully saturated rings. The highest BCUT2D eigenvalue weighted by Gasteiger charge is 2.02. The Morgan fingerprint density at radius 1 is 1.00 bits per heavy atom. The average molecular weight is 231 g/mol. The predicted molar refractivity (Wildman–Crippen MR) is 69.7 cm³/mol. The molecule has 0 aliphatic rings. The first-order chi connectivity index (χ1) is 8.06. The first-order valence-corrected chi connectivity index (χ1v) is 5.24. The minimum absolute atomic E-state index is 0.276. The molecule has 17 heavy (non-hydrogen) atoms. The lowest BCUT2D eigenvalue weighted by molar-refractivity contribution is 0.628. The molecule has 0 spiro atoms. The minimum atomic E-state index is -0.276. The van der Waals surface area contributed by atoms with Crippen molar-refractivity contribution in [2.45, 2.75) is 6.92 Å². The Bertz CT molecular complexity index is 552. The van der Waals surface area contributed by atoms with E-state index in [9.17, 15) is 4.39 Å². The zero-order chi connectivity index (χ0) is 12.4. The maximum atomic E-state index is 13.1. The van der Waals surface area contributed by atoms with E-state index >= 15 is 0 Å². The largest absolute Gasteiger partial charge is 0.397 e. The first kappa shape index (κ1) is 11.3. The van der Waals surface area contributed by atoms with Crippen LogP contribution in [0.2, 0.25) is 0 Å². The van der Waals surface area contributed by atoms with Gasteiger partial charge in [-0.05, 0) is 42.8 Å². The summed E-state index contributed by atoms with van der Waals surface area (Å²) in [5.74, 6) is -0.276. The summed E-state index contributed by atoms with van der Waals surface area (Å²) in [5.41, 5.74) is 14.8. The average Bonchev–Trinajstić information content (AvgIpc) is 2.29. The summed E-state index contributed by atoms with van der Waals surface area (Å²) in [7, 11) is 0. The van der Waals surface area contributed by atoms with Crippen LogP contribution in [0.1, 0.15) is 5.56 Å². The number of nitrogens with one attached hydrogen (secondary N) is 1. The van der Waals surface area contributed by atoms with Crippen LogP contribution in [-0.2, 0) is 0 Å². The van der Waals surface area contributed by atoms with Crippen molar-refractivity contribution in [3.05, 3.63) is 47.8 Å². The second kappa shape index (κ2) is 4.33. The van der Waals surface area contributed by atoms with Gasteiger partial charge in [0.15, 0.2) is 0 Å². The van der Waals surface area contributed by atoms with Gasteiger partial charge in [0.25, 0.3) is 0 Å². The lowest BCUT2D eigenvalue weighted by atomic mass is 10.2. The van der Waals surface area contributed by atoms with E-state index in [1.54, 1.807) is 24.3 Å². The van der Waals surface area contributed by atoms with Gasteiger partial charge in [0.05, 0.1) is 11.4 Å². The Morgan fingerprint density at radius 3 is 2.47 bits per heavy atom. The molecule has 5 N–H and O–H groups in total. The molecule has 0 atom stereocenters. The number of aryl methyl sites for hydroxylation is 1. The zero-order valence-electron chi connectivity index (χ0n) is 9.50. The number of hydrogen-bond donors (Lipinski definition) is 3. The molecule has 88 valence electrons.